The zero-order chi connectivity index (χ0) is 24.5. The zero-order valence-electron chi connectivity index (χ0n) is 19.7. The van der Waals surface area contributed by atoms with Crippen LogP contribution in [-0.2, 0) is 14.3 Å². The van der Waals surface area contributed by atoms with Crippen molar-refractivity contribution in [3.63, 3.8) is 0 Å². The first-order valence-electron chi connectivity index (χ1n) is 11.5. The molecule has 0 aromatic heterocycles. The third-order valence-electron chi connectivity index (χ3n) is 6.12. The molecule has 2 aromatic rings. The van der Waals surface area contributed by atoms with Crippen LogP contribution in [0.25, 0.3) is 11.1 Å². The summed E-state index contributed by atoms with van der Waals surface area (Å²) in [5.41, 5.74) is 3.81. The van der Waals surface area contributed by atoms with Gasteiger partial charge in [-0.2, -0.15) is 0 Å². The Labute approximate surface area is 199 Å². The van der Waals surface area contributed by atoms with E-state index in [0.29, 0.717) is 0 Å². The minimum absolute atomic E-state index is 0.0748. The molecule has 4 rings (SSSR count). The fraction of sp³-hybridized carbons (Fsp3) is 0.423. The predicted molar refractivity (Wildman–Crippen MR) is 126 cm³/mol. The summed E-state index contributed by atoms with van der Waals surface area (Å²) in [4.78, 5) is 39.9. The van der Waals surface area contributed by atoms with Gasteiger partial charge in [-0.1, -0.05) is 48.5 Å². The largest absolute Gasteiger partial charge is 0.481 e. The molecular formula is C26H30N2O6. The van der Waals surface area contributed by atoms with Crippen LogP contribution in [0.5, 0.6) is 0 Å². The number of nitrogens with zero attached hydrogens (tertiary/aromatic N) is 2. The number of benzene rings is 2. The lowest BCUT2D eigenvalue weighted by atomic mass is 9.98. The van der Waals surface area contributed by atoms with Crippen LogP contribution < -0.4 is 0 Å². The Morgan fingerprint density at radius 2 is 1.53 bits per heavy atom. The van der Waals surface area contributed by atoms with E-state index in [4.69, 9.17) is 9.47 Å². The molecule has 0 saturated carbocycles. The molecule has 1 heterocycles. The number of piperazine rings is 1. The van der Waals surface area contributed by atoms with Gasteiger partial charge in [0.15, 0.2) is 0 Å². The van der Waals surface area contributed by atoms with Gasteiger partial charge in [0.2, 0.25) is 0 Å². The Hall–Kier alpha value is -3.55. The molecule has 34 heavy (non-hydrogen) atoms. The highest BCUT2D eigenvalue weighted by Gasteiger charge is 2.37. The van der Waals surface area contributed by atoms with Gasteiger partial charge in [-0.15, -0.1) is 0 Å². The number of ether oxygens (including phenoxy) is 2. The quantitative estimate of drug-likeness (QED) is 0.720. The molecule has 1 fully saturated rings. The third kappa shape index (κ3) is 5.00. The summed E-state index contributed by atoms with van der Waals surface area (Å²) in [6.07, 6.45) is -1.38. The number of hydrogen-bond donors (Lipinski definition) is 1. The van der Waals surface area contributed by atoms with Crippen molar-refractivity contribution in [2.75, 3.05) is 26.2 Å². The van der Waals surface area contributed by atoms with Gasteiger partial charge < -0.3 is 24.4 Å². The van der Waals surface area contributed by atoms with Crippen molar-refractivity contribution in [1.29, 1.82) is 0 Å². The lowest BCUT2D eigenvalue weighted by molar-refractivity contribution is -0.138. The van der Waals surface area contributed by atoms with Gasteiger partial charge in [0, 0.05) is 25.6 Å². The van der Waals surface area contributed by atoms with Crippen LogP contribution in [0, 0.1) is 0 Å². The number of aliphatic carboxylic acids is 1. The second-order valence-corrected chi connectivity index (χ2v) is 9.68. The van der Waals surface area contributed by atoms with E-state index in [2.05, 4.69) is 12.1 Å². The Morgan fingerprint density at radius 1 is 0.941 bits per heavy atom. The zero-order valence-corrected chi connectivity index (χ0v) is 19.7. The second kappa shape index (κ2) is 9.37. The number of carbonyl (C=O) groups is 3. The average molecular weight is 467 g/mol. The molecule has 0 radical (unpaired) electrons. The highest BCUT2D eigenvalue weighted by atomic mass is 16.6. The molecule has 1 aliphatic carbocycles. The number of carboxylic acids is 1. The van der Waals surface area contributed by atoms with Crippen molar-refractivity contribution >= 4 is 18.2 Å². The van der Waals surface area contributed by atoms with Crippen molar-refractivity contribution in [3.8, 4) is 11.1 Å². The summed E-state index contributed by atoms with van der Waals surface area (Å²) in [5, 5.41) is 9.38. The maximum Gasteiger partial charge on any atom is 0.410 e. The van der Waals surface area contributed by atoms with Crippen molar-refractivity contribution in [2.45, 2.75) is 44.8 Å². The molecule has 2 aliphatic rings. The van der Waals surface area contributed by atoms with Gasteiger partial charge in [0.25, 0.3) is 0 Å². The first kappa shape index (κ1) is 23.6. The van der Waals surface area contributed by atoms with Gasteiger partial charge in [0.1, 0.15) is 12.2 Å². The smallest absolute Gasteiger partial charge is 0.410 e. The molecule has 1 atom stereocenters. The van der Waals surface area contributed by atoms with Crippen LogP contribution in [0.1, 0.15) is 44.2 Å². The monoisotopic (exact) mass is 466 g/mol. The van der Waals surface area contributed by atoms with Crippen molar-refractivity contribution < 1.29 is 29.0 Å². The molecular weight excluding hydrogens is 436 g/mol. The van der Waals surface area contributed by atoms with E-state index in [1.807, 2.05) is 36.4 Å². The predicted octanol–water partition coefficient (Wildman–Crippen LogP) is 4.33. The third-order valence-corrected chi connectivity index (χ3v) is 6.12. The van der Waals surface area contributed by atoms with E-state index in [9.17, 15) is 19.5 Å². The Morgan fingerprint density at radius 3 is 2.09 bits per heavy atom. The molecule has 180 valence electrons. The molecule has 1 saturated heterocycles. The number of amides is 2. The number of carbonyl (C=O) groups excluding carboxylic acids is 2. The highest BCUT2D eigenvalue weighted by molar-refractivity contribution is 5.79. The van der Waals surface area contributed by atoms with E-state index in [-0.39, 0.29) is 38.6 Å². The minimum atomic E-state index is -1.05. The first-order chi connectivity index (χ1) is 16.1. The van der Waals surface area contributed by atoms with Crippen molar-refractivity contribution in [1.82, 2.24) is 9.80 Å². The Kier molecular flexibility index (Phi) is 6.50. The van der Waals surface area contributed by atoms with Crippen molar-refractivity contribution in [2.24, 2.45) is 0 Å². The van der Waals surface area contributed by atoms with Gasteiger partial charge in [-0.3, -0.25) is 4.79 Å². The Bertz CT molecular complexity index is 1050. The molecule has 8 nitrogen and oxygen atoms in total. The van der Waals surface area contributed by atoms with Crippen LogP contribution >= 0.6 is 0 Å². The summed E-state index contributed by atoms with van der Waals surface area (Å²) in [5.74, 6) is -1.13. The highest BCUT2D eigenvalue weighted by Crippen LogP contribution is 2.44. The van der Waals surface area contributed by atoms with Crippen LogP contribution in [0.15, 0.2) is 48.5 Å². The number of rotatable bonds is 4. The van der Waals surface area contributed by atoms with E-state index in [0.717, 1.165) is 22.3 Å². The SMILES string of the molecule is CC(C)(C)OC(=O)N1CCN(C(=O)OCC2c3ccccc3-c3ccccc32)[C@H](CC(=O)O)C1. The van der Waals surface area contributed by atoms with Crippen molar-refractivity contribution in [3.05, 3.63) is 59.7 Å². The standard InChI is InChI=1S/C26H30N2O6/c1-26(2,3)34-24(31)27-12-13-28(17(15-27)14-23(29)30)25(32)33-16-22-20-10-6-4-8-18(20)19-9-5-7-11-21(19)22/h4-11,17,22H,12-16H2,1-3H3,(H,29,30)/t17-/m1/s1. The van der Waals surface area contributed by atoms with Gasteiger partial charge >= 0.3 is 18.2 Å². The van der Waals surface area contributed by atoms with E-state index in [1.165, 1.54) is 9.80 Å². The molecule has 0 unspecified atom stereocenters. The minimum Gasteiger partial charge on any atom is -0.481 e. The van der Waals surface area contributed by atoms with E-state index in [1.54, 1.807) is 20.8 Å². The fourth-order valence-corrected chi connectivity index (χ4v) is 4.64. The molecule has 0 spiro atoms. The van der Waals surface area contributed by atoms with Crippen LogP contribution in [0.3, 0.4) is 0 Å². The van der Waals surface area contributed by atoms with E-state index >= 15 is 0 Å². The summed E-state index contributed by atoms with van der Waals surface area (Å²) < 4.78 is 11.1. The lowest BCUT2D eigenvalue weighted by Gasteiger charge is -2.40. The summed E-state index contributed by atoms with van der Waals surface area (Å²) in [6.45, 7) is 5.96. The average Bonchev–Trinajstić information content (AvgIpc) is 3.09. The van der Waals surface area contributed by atoms with Gasteiger partial charge in [-0.05, 0) is 43.0 Å². The lowest BCUT2D eigenvalue weighted by Crippen LogP contribution is -2.57. The Balaban J connectivity index is 1.45. The summed E-state index contributed by atoms with van der Waals surface area (Å²) in [6, 6.07) is 15.4. The first-order valence-corrected chi connectivity index (χ1v) is 11.5. The molecule has 0 bridgehead atoms. The fourth-order valence-electron chi connectivity index (χ4n) is 4.64. The van der Waals surface area contributed by atoms with Crippen LogP contribution in [0.2, 0.25) is 0 Å². The van der Waals surface area contributed by atoms with Gasteiger partial charge in [-0.25, -0.2) is 9.59 Å². The maximum atomic E-state index is 13.1. The van der Waals surface area contributed by atoms with E-state index < -0.39 is 29.8 Å². The number of fused-ring (bicyclic) bond motifs is 3. The number of hydrogen-bond acceptors (Lipinski definition) is 5. The number of carboxylic acid groups (broad SMARTS) is 1. The summed E-state index contributed by atoms with van der Waals surface area (Å²) in [7, 11) is 0. The molecule has 2 amide bonds. The normalized spacial score (nSPS) is 17.7. The van der Waals surface area contributed by atoms with Gasteiger partial charge in [0.05, 0.1) is 12.5 Å². The second-order valence-electron chi connectivity index (χ2n) is 9.68. The molecule has 2 aromatic carbocycles. The van der Waals surface area contributed by atoms with Crippen LogP contribution in [-0.4, -0.2) is 70.9 Å². The maximum absolute atomic E-state index is 13.1. The summed E-state index contributed by atoms with van der Waals surface area (Å²) >= 11 is 0. The topological polar surface area (TPSA) is 96.4 Å². The molecule has 1 aliphatic heterocycles. The molecule has 8 heteroatoms. The molecule has 1 N–H and O–H groups in total. The van der Waals surface area contributed by atoms with Crippen LogP contribution in [0.4, 0.5) is 9.59 Å².